The number of carbonyl (C=O) groups is 2. The molecule has 0 bridgehead atoms. The van der Waals surface area contributed by atoms with Gasteiger partial charge in [0.15, 0.2) is 5.76 Å². The Labute approximate surface area is 139 Å². The van der Waals surface area contributed by atoms with Gasteiger partial charge in [-0.1, -0.05) is 48.5 Å². The quantitative estimate of drug-likeness (QED) is 0.733. The molecule has 1 N–H and O–H groups in total. The van der Waals surface area contributed by atoms with E-state index in [-0.39, 0.29) is 5.76 Å². The van der Waals surface area contributed by atoms with E-state index >= 15 is 0 Å². The van der Waals surface area contributed by atoms with Crippen LogP contribution in [0.15, 0.2) is 65.1 Å². The summed E-state index contributed by atoms with van der Waals surface area (Å²) in [4.78, 5) is 24.4. The molecule has 122 valence electrons. The van der Waals surface area contributed by atoms with Gasteiger partial charge >= 0.3 is 5.97 Å². The van der Waals surface area contributed by atoms with E-state index in [1.165, 1.54) is 7.11 Å². The standard InChI is InChI=1S/C19H17NO4/c1-23-19(22)15(11-13-7-3-2-4-8-13)20-18(21)17-12-14-9-5-6-10-16(14)24-17/h2-10,12,15H,11H2,1H3,(H,20,21)/t15-/m0/s1. The molecule has 2 aromatic carbocycles. The van der Waals surface area contributed by atoms with Crippen molar-refractivity contribution in [3.05, 3.63) is 72.0 Å². The number of esters is 1. The molecule has 0 aliphatic rings. The molecular formula is C19H17NO4. The summed E-state index contributed by atoms with van der Waals surface area (Å²) in [5, 5.41) is 3.52. The molecule has 0 saturated heterocycles. The Morgan fingerprint density at radius 3 is 2.50 bits per heavy atom. The van der Waals surface area contributed by atoms with Crippen LogP contribution < -0.4 is 5.32 Å². The fourth-order valence-corrected chi connectivity index (χ4v) is 2.51. The number of methoxy groups -OCH3 is 1. The molecule has 24 heavy (non-hydrogen) atoms. The zero-order valence-electron chi connectivity index (χ0n) is 13.2. The van der Waals surface area contributed by atoms with E-state index in [4.69, 9.17) is 9.15 Å². The minimum absolute atomic E-state index is 0.165. The summed E-state index contributed by atoms with van der Waals surface area (Å²) in [6, 6.07) is 17.7. The molecule has 3 aromatic rings. The van der Waals surface area contributed by atoms with Gasteiger partial charge in [0.1, 0.15) is 11.6 Å². The Kier molecular flexibility index (Phi) is 4.61. The van der Waals surface area contributed by atoms with Crippen molar-refractivity contribution < 1.29 is 18.7 Å². The number of carbonyl (C=O) groups excluding carboxylic acids is 2. The molecule has 1 aromatic heterocycles. The molecule has 0 fully saturated rings. The molecular weight excluding hydrogens is 306 g/mol. The van der Waals surface area contributed by atoms with Crippen LogP contribution in [-0.4, -0.2) is 25.0 Å². The topological polar surface area (TPSA) is 68.5 Å². The molecule has 3 rings (SSSR count). The highest BCUT2D eigenvalue weighted by Gasteiger charge is 2.24. The molecule has 1 heterocycles. The van der Waals surface area contributed by atoms with Crippen LogP contribution >= 0.6 is 0 Å². The molecule has 0 radical (unpaired) electrons. The number of furan rings is 1. The highest BCUT2D eigenvalue weighted by Crippen LogP contribution is 2.19. The van der Waals surface area contributed by atoms with E-state index in [9.17, 15) is 9.59 Å². The number of nitrogens with one attached hydrogen (secondary N) is 1. The Morgan fingerprint density at radius 1 is 1.08 bits per heavy atom. The van der Waals surface area contributed by atoms with Gasteiger partial charge in [0.2, 0.25) is 0 Å². The largest absolute Gasteiger partial charge is 0.467 e. The predicted molar refractivity (Wildman–Crippen MR) is 89.6 cm³/mol. The minimum Gasteiger partial charge on any atom is -0.467 e. The minimum atomic E-state index is -0.780. The lowest BCUT2D eigenvalue weighted by Crippen LogP contribution is -2.42. The maximum atomic E-state index is 12.4. The van der Waals surface area contributed by atoms with Crippen molar-refractivity contribution in [3.63, 3.8) is 0 Å². The van der Waals surface area contributed by atoms with Gasteiger partial charge < -0.3 is 14.5 Å². The van der Waals surface area contributed by atoms with Crippen molar-refractivity contribution in [1.29, 1.82) is 0 Å². The van der Waals surface area contributed by atoms with Gasteiger partial charge in [-0.2, -0.15) is 0 Å². The molecule has 0 aliphatic heterocycles. The van der Waals surface area contributed by atoms with Gasteiger partial charge in [0, 0.05) is 11.8 Å². The van der Waals surface area contributed by atoms with E-state index in [0.717, 1.165) is 10.9 Å². The first-order valence-electron chi connectivity index (χ1n) is 7.58. The van der Waals surface area contributed by atoms with Gasteiger partial charge in [0.05, 0.1) is 7.11 Å². The molecule has 1 amide bonds. The fraction of sp³-hybridized carbons (Fsp3) is 0.158. The third-order valence-electron chi connectivity index (χ3n) is 3.72. The van der Waals surface area contributed by atoms with Crippen molar-refractivity contribution in [2.45, 2.75) is 12.5 Å². The van der Waals surface area contributed by atoms with E-state index < -0.39 is 17.9 Å². The zero-order valence-corrected chi connectivity index (χ0v) is 13.2. The SMILES string of the molecule is COC(=O)[C@H](Cc1ccccc1)NC(=O)c1cc2ccccc2o1. The smallest absolute Gasteiger partial charge is 0.328 e. The third kappa shape index (κ3) is 3.46. The first-order valence-corrected chi connectivity index (χ1v) is 7.58. The Morgan fingerprint density at radius 2 is 1.79 bits per heavy atom. The second-order valence-electron chi connectivity index (χ2n) is 5.39. The van der Waals surface area contributed by atoms with Crippen LogP contribution in [0.3, 0.4) is 0 Å². The summed E-state index contributed by atoms with van der Waals surface area (Å²) < 4.78 is 10.3. The Bertz CT molecular complexity index is 821. The number of hydrogen-bond acceptors (Lipinski definition) is 4. The van der Waals surface area contributed by atoms with Crippen LogP contribution in [0.5, 0.6) is 0 Å². The van der Waals surface area contributed by atoms with Crippen LogP contribution in [0.1, 0.15) is 16.1 Å². The predicted octanol–water partition coefficient (Wildman–Crippen LogP) is 2.95. The molecule has 0 unspecified atom stereocenters. The van der Waals surface area contributed by atoms with Crippen molar-refractivity contribution in [3.8, 4) is 0 Å². The van der Waals surface area contributed by atoms with E-state index in [1.54, 1.807) is 12.1 Å². The summed E-state index contributed by atoms with van der Waals surface area (Å²) in [6.07, 6.45) is 0.347. The second kappa shape index (κ2) is 7.00. The molecule has 0 spiro atoms. The molecule has 5 nitrogen and oxygen atoms in total. The second-order valence-corrected chi connectivity index (χ2v) is 5.39. The number of rotatable bonds is 5. The highest BCUT2D eigenvalue weighted by atomic mass is 16.5. The third-order valence-corrected chi connectivity index (χ3v) is 3.72. The number of amides is 1. The average Bonchev–Trinajstić information content (AvgIpc) is 3.05. The van der Waals surface area contributed by atoms with Crippen LogP contribution in [0.25, 0.3) is 11.0 Å². The van der Waals surface area contributed by atoms with Gasteiger partial charge in [-0.25, -0.2) is 4.79 Å². The van der Waals surface area contributed by atoms with Gasteiger partial charge in [-0.3, -0.25) is 4.79 Å². The molecule has 0 aliphatic carbocycles. The summed E-state index contributed by atoms with van der Waals surface area (Å²) in [5.74, 6) is -0.779. The lowest BCUT2D eigenvalue weighted by atomic mass is 10.1. The molecule has 1 atom stereocenters. The fourth-order valence-electron chi connectivity index (χ4n) is 2.51. The maximum absolute atomic E-state index is 12.4. The summed E-state index contributed by atoms with van der Waals surface area (Å²) in [6.45, 7) is 0. The van der Waals surface area contributed by atoms with Gasteiger partial charge in [-0.05, 0) is 17.7 Å². The monoisotopic (exact) mass is 323 g/mol. The normalized spacial score (nSPS) is 11.9. The van der Waals surface area contributed by atoms with E-state index in [2.05, 4.69) is 5.32 Å². The summed E-state index contributed by atoms with van der Waals surface area (Å²) >= 11 is 0. The first kappa shape index (κ1) is 15.8. The van der Waals surface area contributed by atoms with Crippen molar-refractivity contribution in [2.24, 2.45) is 0 Å². The van der Waals surface area contributed by atoms with Crippen molar-refractivity contribution in [2.75, 3.05) is 7.11 Å². The number of benzene rings is 2. The number of fused-ring (bicyclic) bond motifs is 1. The number of hydrogen-bond donors (Lipinski definition) is 1. The van der Waals surface area contributed by atoms with Crippen molar-refractivity contribution >= 4 is 22.8 Å². The van der Waals surface area contributed by atoms with E-state index in [0.29, 0.717) is 12.0 Å². The van der Waals surface area contributed by atoms with E-state index in [1.807, 2.05) is 48.5 Å². The van der Waals surface area contributed by atoms with Crippen molar-refractivity contribution in [1.82, 2.24) is 5.32 Å². The number of ether oxygens (including phenoxy) is 1. The average molecular weight is 323 g/mol. The van der Waals surface area contributed by atoms with Crippen LogP contribution in [-0.2, 0) is 16.0 Å². The number of para-hydroxylation sites is 1. The Balaban J connectivity index is 1.78. The van der Waals surface area contributed by atoms with Gasteiger partial charge in [-0.15, -0.1) is 0 Å². The van der Waals surface area contributed by atoms with Crippen LogP contribution in [0, 0.1) is 0 Å². The zero-order chi connectivity index (χ0) is 16.9. The Hall–Kier alpha value is -3.08. The van der Waals surface area contributed by atoms with Crippen LogP contribution in [0.4, 0.5) is 0 Å². The molecule has 5 heteroatoms. The van der Waals surface area contributed by atoms with Gasteiger partial charge in [0.25, 0.3) is 5.91 Å². The maximum Gasteiger partial charge on any atom is 0.328 e. The lowest BCUT2D eigenvalue weighted by molar-refractivity contribution is -0.142. The highest BCUT2D eigenvalue weighted by molar-refractivity contribution is 5.98. The van der Waals surface area contributed by atoms with Crippen LogP contribution in [0.2, 0.25) is 0 Å². The summed E-state index contributed by atoms with van der Waals surface area (Å²) in [5.41, 5.74) is 1.55. The first-order chi connectivity index (χ1) is 11.7. The lowest BCUT2D eigenvalue weighted by Gasteiger charge is -2.15. The molecule has 0 saturated carbocycles. The summed E-state index contributed by atoms with van der Waals surface area (Å²) in [7, 11) is 1.30.